The van der Waals surface area contributed by atoms with E-state index < -0.39 is 9.84 Å². The van der Waals surface area contributed by atoms with Crippen LogP contribution in [-0.4, -0.2) is 40.3 Å². The van der Waals surface area contributed by atoms with Gasteiger partial charge in [0.25, 0.3) is 0 Å². The highest BCUT2D eigenvalue weighted by Crippen LogP contribution is 2.19. The van der Waals surface area contributed by atoms with E-state index in [1.807, 2.05) is 12.1 Å². The van der Waals surface area contributed by atoms with Crippen LogP contribution in [0.4, 0.5) is 0 Å². The second kappa shape index (κ2) is 12.4. The number of allylic oxidation sites excluding steroid dienone is 1. The molecule has 1 aromatic carbocycles. The molecule has 0 aliphatic heterocycles. The second-order valence-corrected chi connectivity index (χ2v) is 8.73. The molecule has 27 heavy (non-hydrogen) atoms. The summed E-state index contributed by atoms with van der Waals surface area (Å²) in [4.78, 5) is 5.02. The molecule has 0 bridgehead atoms. The van der Waals surface area contributed by atoms with E-state index in [2.05, 4.69) is 28.6 Å². The molecule has 152 valence electrons. The van der Waals surface area contributed by atoms with Gasteiger partial charge in [0.05, 0.1) is 4.90 Å². The third-order valence-corrected chi connectivity index (χ3v) is 5.62. The predicted molar refractivity (Wildman–Crippen MR) is 124 cm³/mol. The third-order valence-electron chi connectivity index (χ3n) is 4.49. The Labute approximate surface area is 181 Å². The highest BCUT2D eigenvalue weighted by Gasteiger charge is 2.06. The lowest BCUT2D eigenvalue weighted by molar-refractivity contribution is 0.602. The van der Waals surface area contributed by atoms with Gasteiger partial charge in [-0.1, -0.05) is 23.8 Å². The van der Waals surface area contributed by atoms with Crippen LogP contribution in [0.1, 0.15) is 44.6 Å². The number of benzene rings is 1. The monoisotopic (exact) mass is 505 g/mol. The van der Waals surface area contributed by atoms with Crippen molar-refractivity contribution >= 4 is 39.8 Å². The van der Waals surface area contributed by atoms with Crippen molar-refractivity contribution in [2.75, 3.05) is 25.9 Å². The average molecular weight is 505 g/mol. The van der Waals surface area contributed by atoms with Gasteiger partial charge in [-0.2, -0.15) is 0 Å². The topological polar surface area (TPSA) is 70.6 Å². The molecule has 0 heterocycles. The zero-order valence-electron chi connectivity index (χ0n) is 16.3. The molecule has 0 aromatic heterocycles. The quantitative estimate of drug-likeness (QED) is 0.245. The Hall–Kier alpha value is -1.09. The summed E-state index contributed by atoms with van der Waals surface area (Å²) in [6.07, 6.45) is 10.5. The van der Waals surface area contributed by atoms with E-state index in [0.29, 0.717) is 4.90 Å². The van der Waals surface area contributed by atoms with Gasteiger partial charge in [0.2, 0.25) is 0 Å². The van der Waals surface area contributed by atoms with Crippen molar-refractivity contribution in [3.8, 4) is 0 Å². The summed E-state index contributed by atoms with van der Waals surface area (Å²) in [7, 11) is -3.13. The molecule has 7 heteroatoms. The number of rotatable bonds is 8. The van der Waals surface area contributed by atoms with E-state index in [0.717, 1.165) is 44.0 Å². The van der Waals surface area contributed by atoms with Gasteiger partial charge in [-0.25, -0.2) is 8.42 Å². The lowest BCUT2D eigenvalue weighted by atomic mass is 9.97. The molecule has 0 spiro atoms. The molecule has 1 aliphatic carbocycles. The lowest BCUT2D eigenvalue weighted by Crippen LogP contribution is -2.38. The molecule has 1 aliphatic rings. The normalized spacial score (nSPS) is 14.9. The Morgan fingerprint density at radius 3 is 2.44 bits per heavy atom. The minimum absolute atomic E-state index is 0. The van der Waals surface area contributed by atoms with Crippen molar-refractivity contribution in [2.45, 2.75) is 50.3 Å². The van der Waals surface area contributed by atoms with Gasteiger partial charge in [0.15, 0.2) is 15.8 Å². The molecule has 0 atom stereocenters. The Morgan fingerprint density at radius 2 is 1.85 bits per heavy atom. The fraction of sp³-hybridized carbons (Fsp3) is 0.550. The third kappa shape index (κ3) is 9.10. The van der Waals surface area contributed by atoms with Crippen molar-refractivity contribution in [1.29, 1.82) is 0 Å². The number of nitrogens with zero attached hydrogens (tertiary/aromatic N) is 1. The maximum Gasteiger partial charge on any atom is 0.191 e. The van der Waals surface area contributed by atoms with Crippen LogP contribution in [-0.2, 0) is 16.3 Å². The van der Waals surface area contributed by atoms with E-state index in [9.17, 15) is 8.42 Å². The Bertz CT molecular complexity index is 728. The first-order valence-electron chi connectivity index (χ1n) is 9.48. The summed E-state index contributed by atoms with van der Waals surface area (Å²) in [6, 6.07) is 7.08. The number of aliphatic imine (C=N–C) groups is 1. The van der Waals surface area contributed by atoms with Crippen LogP contribution in [0.5, 0.6) is 0 Å². The lowest BCUT2D eigenvalue weighted by Gasteiger charge is -2.13. The van der Waals surface area contributed by atoms with Gasteiger partial charge in [-0.15, -0.1) is 24.0 Å². The Balaban J connectivity index is 0.00000364. The summed E-state index contributed by atoms with van der Waals surface area (Å²) < 4.78 is 23.0. The number of halogens is 1. The SMILES string of the molecule is CCNC(=NCCC1=CCCCC1)NCCc1ccc(S(C)(=O)=O)cc1.I. The van der Waals surface area contributed by atoms with Gasteiger partial charge in [-0.05, 0) is 63.1 Å². The molecule has 0 unspecified atom stereocenters. The van der Waals surface area contributed by atoms with Crippen LogP contribution in [0.25, 0.3) is 0 Å². The van der Waals surface area contributed by atoms with Crippen molar-refractivity contribution < 1.29 is 8.42 Å². The summed E-state index contributed by atoms with van der Waals surface area (Å²) in [5.74, 6) is 0.844. The molecule has 1 aromatic rings. The van der Waals surface area contributed by atoms with Crippen molar-refractivity contribution in [3.05, 3.63) is 41.5 Å². The van der Waals surface area contributed by atoms with Gasteiger partial charge in [0, 0.05) is 25.9 Å². The van der Waals surface area contributed by atoms with Gasteiger partial charge in [0.1, 0.15) is 0 Å². The number of guanidine groups is 1. The number of hydrogen-bond donors (Lipinski definition) is 2. The van der Waals surface area contributed by atoms with Crippen molar-refractivity contribution in [3.63, 3.8) is 0 Å². The molecule has 2 N–H and O–H groups in total. The summed E-state index contributed by atoms with van der Waals surface area (Å²) in [5, 5.41) is 6.63. The van der Waals surface area contributed by atoms with Crippen LogP contribution in [0.15, 0.2) is 45.8 Å². The van der Waals surface area contributed by atoms with E-state index in [4.69, 9.17) is 0 Å². The largest absolute Gasteiger partial charge is 0.357 e. The summed E-state index contributed by atoms with van der Waals surface area (Å²) in [6.45, 7) is 4.46. The van der Waals surface area contributed by atoms with E-state index >= 15 is 0 Å². The zero-order chi connectivity index (χ0) is 18.8. The first kappa shape index (κ1) is 23.9. The fourth-order valence-corrected chi connectivity index (χ4v) is 3.64. The molecule has 0 saturated heterocycles. The van der Waals surface area contributed by atoms with Crippen LogP contribution in [0.3, 0.4) is 0 Å². The fourth-order valence-electron chi connectivity index (χ4n) is 3.01. The van der Waals surface area contributed by atoms with Crippen LogP contribution in [0.2, 0.25) is 0 Å². The standard InChI is InChI=1S/C20H31N3O2S.HI/c1-3-21-20(22-15-13-17-7-5-4-6-8-17)23-16-14-18-9-11-19(12-10-18)26(2,24)25;/h7,9-12H,3-6,8,13-16H2,1-2H3,(H2,21,22,23);1H. The maximum atomic E-state index is 11.5. The van der Waals surface area contributed by atoms with E-state index in [-0.39, 0.29) is 24.0 Å². The second-order valence-electron chi connectivity index (χ2n) is 6.71. The highest BCUT2D eigenvalue weighted by atomic mass is 127. The molecule has 0 radical (unpaired) electrons. The molecule has 0 fully saturated rings. The number of hydrogen-bond acceptors (Lipinski definition) is 3. The molecule has 2 rings (SSSR count). The molecule has 5 nitrogen and oxygen atoms in total. The number of nitrogens with one attached hydrogen (secondary N) is 2. The minimum Gasteiger partial charge on any atom is -0.357 e. The van der Waals surface area contributed by atoms with Gasteiger partial charge < -0.3 is 10.6 Å². The van der Waals surface area contributed by atoms with E-state index in [1.165, 1.54) is 31.9 Å². The molecule has 0 amide bonds. The van der Waals surface area contributed by atoms with Crippen LogP contribution >= 0.6 is 24.0 Å². The maximum absolute atomic E-state index is 11.5. The first-order chi connectivity index (χ1) is 12.5. The first-order valence-corrected chi connectivity index (χ1v) is 11.4. The molecular weight excluding hydrogens is 473 g/mol. The van der Waals surface area contributed by atoms with Crippen molar-refractivity contribution in [1.82, 2.24) is 10.6 Å². The predicted octanol–water partition coefficient (Wildman–Crippen LogP) is 3.70. The Kier molecular flexibility index (Phi) is 11.0. The van der Waals surface area contributed by atoms with Crippen LogP contribution < -0.4 is 10.6 Å². The van der Waals surface area contributed by atoms with Gasteiger partial charge >= 0.3 is 0 Å². The zero-order valence-corrected chi connectivity index (χ0v) is 19.5. The van der Waals surface area contributed by atoms with Crippen LogP contribution in [0, 0.1) is 0 Å². The van der Waals surface area contributed by atoms with Gasteiger partial charge in [-0.3, -0.25) is 4.99 Å². The Morgan fingerprint density at radius 1 is 1.11 bits per heavy atom. The smallest absolute Gasteiger partial charge is 0.191 e. The minimum atomic E-state index is -3.13. The summed E-state index contributed by atoms with van der Waals surface area (Å²) in [5.41, 5.74) is 2.65. The highest BCUT2D eigenvalue weighted by molar-refractivity contribution is 14.0. The average Bonchev–Trinajstić information content (AvgIpc) is 2.62. The van der Waals surface area contributed by atoms with Crippen molar-refractivity contribution in [2.24, 2.45) is 4.99 Å². The van der Waals surface area contributed by atoms with E-state index in [1.54, 1.807) is 17.7 Å². The number of sulfone groups is 1. The molecule has 0 saturated carbocycles. The summed E-state index contributed by atoms with van der Waals surface area (Å²) >= 11 is 0. The molecular formula is C20H32IN3O2S.